The molecule has 2 amide bonds. The Labute approximate surface area is 198 Å². The fourth-order valence-corrected chi connectivity index (χ4v) is 5.01. The Morgan fingerprint density at radius 2 is 1.85 bits per heavy atom. The van der Waals surface area contributed by atoms with E-state index in [1.165, 1.54) is 11.8 Å². The largest absolute Gasteiger partial charge is 0.351 e. The highest BCUT2D eigenvalue weighted by Gasteiger charge is 2.35. The predicted molar refractivity (Wildman–Crippen MR) is 129 cm³/mol. The van der Waals surface area contributed by atoms with E-state index in [0.717, 1.165) is 35.4 Å². The van der Waals surface area contributed by atoms with Crippen molar-refractivity contribution in [3.8, 4) is 0 Å². The van der Waals surface area contributed by atoms with Crippen LogP contribution in [0.3, 0.4) is 0 Å². The molecule has 4 rings (SSSR count). The van der Waals surface area contributed by atoms with Gasteiger partial charge in [0.25, 0.3) is 5.91 Å². The lowest BCUT2D eigenvalue weighted by Crippen LogP contribution is -2.32. The van der Waals surface area contributed by atoms with Crippen molar-refractivity contribution in [3.05, 3.63) is 77.1 Å². The van der Waals surface area contributed by atoms with E-state index >= 15 is 0 Å². The number of nitrogens with zero attached hydrogens (tertiary/aromatic N) is 4. The Balaban J connectivity index is 1.43. The van der Waals surface area contributed by atoms with Crippen molar-refractivity contribution in [1.82, 2.24) is 25.0 Å². The van der Waals surface area contributed by atoms with Gasteiger partial charge in [0.15, 0.2) is 11.0 Å². The van der Waals surface area contributed by atoms with Gasteiger partial charge in [-0.05, 0) is 43.9 Å². The maximum absolute atomic E-state index is 13.3. The number of nitrogens with one attached hydrogen (secondary N) is 1. The molecule has 1 aliphatic rings. The van der Waals surface area contributed by atoms with Crippen LogP contribution in [-0.2, 0) is 17.9 Å². The molecule has 1 atom stereocenters. The van der Waals surface area contributed by atoms with Crippen molar-refractivity contribution in [1.29, 1.82) is 0 Å². The lowest BCUT2D eigenvalue weighted by molar-refractivity contribution is -0.118. The molecule has 1 fully saturated rings. The Kier molecular flexibility index (Phi) is 7.44. The Morgan fingerprint density at radius 3 is 2.61 bits per heavy atom. The summed E-state index contributed by atoms with van der Waals surface area (Å²) in [6, 6.07) is 17.4. The van der Waals surface area contributed by atoms with Crippen molar-refractivity contribution in [2.24, 2.45) is 0 Å². The maximum Gasteiger partial charge on any atom is 0.254 e. The molecule has 2 heterocycles. The monoisotopic (exact) mass is 463 g/mol. The molecule has 0 bridgehead atoms. The van der Waals surface area contributed by atoms with Crippen molar-refractivity contribution >= 4 is 23.6 Å². The summed E-state index contributed by atoms with van der Waals surface area (Å²) in [4.78, 5) is 27.5. The van der Waals surface area contributed by atoms with E-state index in [0.29, 0.717) is 24.8 Å². The van der Waals surface area contributed by atoms with E-state index in [4.69, 9.17) is 0 Å². The van der Waals surface area contributed by atoms with Gasteiger partial charge < -0.3 is 14.8 Å². The summed E-state index contributed by atoms with van der Waals surface area (Å²) >= 11 is 1.38. The molecule has 172 valence electrons. The van der Waals surface area contributed by atoms with Gasteiger partial charge in [0.05, 0.1) is 11.8 Å². The van der Waals surface area contributed by atoms with E-state index in [1.807, 2.05) is 77.9 Å². The lowest BCUT2D eigenvalue weighted by atomic mass is 10.1. The third kappa shape index (κ3) is 5.27. The zero-order valence-electron chi connectivity index (χ0n) is 19.0. The number of rotatable bonds is 8. The van der Waals surface area contributed by atoms with Crippen molar-refractivity contribution < 1.29 is 9.59 Å². The summed E-state index contributed by atoms with van der Waals surface area (Å²) in [5.74, 6) is 1.05. The molecular formula is C25H29N5O2S. The van der Waals surface area contributed by atoms with Crippen molar-refractivity contribution in [2.75, 3.05) is 12.3 Å². The molecule has 1 saturated heterocycles. The van der Waals surface area contributed by atoms with Crippen LogP contribution in [-0.4, -0.2) is 43.8 Å². The van der Waals surface area contributed by atoms with Gasteiger partial charge in [-0.25, -0.2) is 0 Å². The smallest absolute Gasteiger partial charge is 0.254 e. The minimum atomic E-state index is -0.106. The zero-order chi connectivity index (χ0) is 23.2. The van der Waals surface area contributed by atoms with Gasteiger partial charge in [-0.3, -0.25) is 9.59 Å². The number of carbonyl (C=O) groups excluding carboxylic acids is 2. The standard InChI is InChI=1S/C25H29N5O2S/c1-3-29-23(21-14-9-15-30(21)24(32)20-13-8-7-10-18(20)2)27-28-25(29)33-17-22(31)26-16-19-11-5-4-6-12-19/h4-8,10-13,21H,3,9,14-17H2,1-2H3,(H,26,31). The van der Waals surface area contributed by atoms with Crippen molar-refractivity contribution in [3.63, 3.8) is 0 Å². The van der Waals surface area contributed by atoms with E-state index in [1.54, 1.807) is 0 Å². The first-order valence-electron chi connectivity index (χ1n) is 11.3. The Bertz CT molecular complexity index is 1110. The van der Waals surface area contributed by atoms with Gasteiger partial charge in [0.1, 0.15) is 0 Å². The fourth-order valence-electron chi connectivity index (χ4n) is 4.17. The molecular weight excluding hydrogens is 434 g/mol. The van der Waals surface area contributed by atoms with Crippen molar-refractivity contribution in [2.45, 2.75) is 51.0 Å². The molecule has 8 heteroatoms. The predicted octanol–water partition coefficient (Wildman–Crippen LogP) is 3.99. The molecule has 1 unspecified atom stereocenters. The number of hydrogen-bond donors (Lipinski definition) is 1. The number of likely N-dealkylation sites (tertiary alicyclic amines) is 1. The topological polar surface area (TPSA) is 80.1 Å². The summed E-state index contributed by atoms with van der Waals surface area (Å²) in [5, 5.41) is 12.5. The molecule has 7 nitrogen and oxygen atoms in total. The van der Waals surface area contributed by atoms with Gasteiger partial charge in [-0.2, -0.15) is 0 Å². The van der Waals surface area contributed by atoms with E-state index in [-0.39, 0.29) is 23.6 Å². The summed E-state index contributed by atoms with van der Waals surface area (Å²) in [6.45, 7) is 5.89. The first-order chi connectivity index (χ1) is 16.1. The van der Waals surface area contributed by atoms with Crippen LogP contribution in [0.2, 0.25) is 0 Å². The molecule has 1 N–H and O–H groups in total. The highest BCUT2D eigenvalue weighted by Crippen LogP contribution is 2.34. The van der Waals surface area contributed by atoms with Gasteiger partial charge >= 0.3 is 0 Å². The molecule has 0 radical (unpaired) electrons. The second-order valence-corrected chi connectivity index (χ2v) is 9.05. The molecule has 1 aliphatic heterocycles. The van der Waals surface area contributed by atoms with Crippen LogP contribution < -0.4 is 5.32 Å². The quantitative estimate of drug-likeness (QED) is 0.511. The molecule has 0 saturated carbocycles. The molecule has 1 aromatic heterocycles. The number of aryl methyl sites for hydroxylation is 1. The van der Waals surface area contributed by atoms with Crippen LogP contribution in [0.4, 0.5) is 0 Å². The molecule has 33 heavy (non-hydrogen) atoms. The first kappa shape index (κ1) is 23.0. The van der Waals surface area contributed by atoms with Crippen LogP contribution >= 0.6 is 11.8 Å². The highest BCUT2D eigenvalue weighted by molar-refractivity contribution is 7.99. The normalized spacial score (nSPS) is 15.6. The van der Waals surface area contributed by atoms with E-state index < -0.39 is 0 Å². The van der Waals surface area contributed by atoms with Crippen LogP contribution in [0.15, 0.2) is 59.8 Å². The summed E-state index contributed by atoms with van der Waals surface area (Å²) in [7, 11) is 0. The zero-order valence-corrected chi connectivity index (χ0v) is 19.8. The average Bonchev–Trinajstić information content (AvgIpc) is 3.48. The number of amides is 2. The highest BCUT2D eigenvalue weighted by atomic mass is 32.2. The van der Waals surface area contributed by atoms with Gasteiger partial charge in [-0.15, -0.1) is 10.2 Å². The molecule has 2 aromatic carbocycles. The van der Waals surface area contributed by atoms with Crippen LogP contribution in [0.5, 0.6) is 0 Å². The summed E-state index contributed by atoms with van der Waals surface area (Å²) < 4.78 is 2.03. The number of carbonyl (C=O) groups is 2. The Hall–Kier alpha value is -3.13. The fraction of sp³-hybridized carbons (Fsp3) is 0.360. The lowest BCUT2D eigenvalue weighted by Gasteiger charge is -2.25. The van der Waals surface area contributed by atoms with Crippen LogP contribution in [0.25, 0.3) is 0 Å². The van der Waals surface area contributed by atoms with Gasteiger partial charge in [0, 0.05) is 25.2 Å². The van der Waals surface area contributed by atoms with E-state index in [9.17, 15) is 9.59 Å². The molecule has 3 aromatic rings. The maximum atomic E-state index is 13.3. The third-order valence-corrected chi connectivity index (χ3v) is 6.88. The first-order valence-corrected chi connectivity index (χ1v) is 12.3. The average molecular weight is 464 g/mol. The van der Waals surface area contributed by atoms with E-state index in [2.05, 4.69) is 15.5 Å². The SMILES string of the molecule is CCn1c(SCC(=O)NCc2ccccc2)nnc1C1CCCN1C(=O)c1ccccc1C. The molecule has 0 aliphatic carbocycles. The second-order valence-electron chi connectivity index (χ2n) is 8.11. The third-order valence-electron chi connectivity index (χ3n) is 5.91. The van der Waals surface area contributed by atoms with Crippen LogP contribution in [0.1, 0.15) is 53.1 Å². The number of aromatic nitrogens is 3. The number of thioether (sulfide) groups is 1. The molecule has 0 spiro atoms. The second kappa shape index (κ2) is 10.7. The Morgan fingerprint density at radius 1 is 1.09 bits per heavy atom. The van der Waals surface area contributed by atoms with Gasteiger partial charge in [-0.1, -0.05) is 60.3 Å². The minimum absolute atomic E-state index is 0.0377. The van der Waals surface area contributed by atoms with Gasteiger partial charge in [0.2, 0.25) is 5.91 Å². The number of hydrogen-bond acceptors (Lipinski definition) is 5. The number of benzene rings is 2. The summed E-state index contributed by atoms with van der Waals surface area (Å²) in [5.41, 5.74) is 2.77. The minimum Gasteiger partial charge on any atom is -0.351 e. The van der Waals surface area contributed by atoms with Crippen LogP contribution in [0, 0.1) is 6.92 Å². The summed E-state index contributed by atoms with van der Waals surface area (Å²) in [6.07, 6.45) is 1.79.